The Hall–Kier alpha value is -0.410. The van der Waals surface area contributed by atoms with Gasteiger partial charge in [-0.15, -0.1) is 0 Å². The van der Waals surface area contributed by atoms with E-state index in [2.05, 4.69) is 22.9 Å². The van der Waals surface area contributed by atoms with E-state index in [1.807, 2.05) is 0 Å². The fourth-order valence-electron chi connectivity index (χ4n) is 1.92. The zero-order chi connectivity index (χ0) is 12.7. The van der Waals surface area contributed by atoms with E-state index in [0.717, 1.165) is 22.9 Å². The molecule has 96 valence electrons. The summed E-state index contributed by atoms with van der Waals surface area (Å²) in [5, 5.41) is 0. The molecule has 0 heterocycles. The zero-order valence-electron chi connectivity index (χ0n) is 10.4. The van der Waals surface area contributed by atoms with Gasteiger partial charge in [-0.2, -0.15) is 0 Å². The van der Waals surface area contributed by atoms with Crippen molar-refractivity contribution < 1.29 is 4.39 Å². The van der Waals surface area contributed by atoms with Crippen LogP contribution in [0.5, 0.6) is 0 Å². The number of hydrogen-bond donors (Lipinski definition) is 1. The van der Waals surface area contributed by atoms with Gasteiger partial charge in [0.05, 0.1) is 0 Å². The average Bonchev–Trinajstić information content (AvgIpc) is 2.29. The highest BCUT2D eigenvalue weighted by molar-refractivity contribution is 9.10. The molecule has 17 heavy (non-hydrogen) atoms. The van der Waals surface area contributed by atoms with E-state index >= 15 is 0 Å². The van der Waals surface area contributed by atoms with Crippen molar-refractivity contribution in [2.45, 2.75) is 51.5 Å². The first kappa shape index (κ1) is 14.7. The quantitative estimate of drug-likeness (QED) is 0.741. The topological polar surface area (TPSA) is 26.0 Å². The second-order valence-corrected chi connectivity index (χ2v) is 5.40. The molecule has 0 saturated carbocycles. The van der Waals surface area contributed by atoms with Crippen molar-refractivity contribution in [2.24, 2.45) is 5.73 Å². The molecule has 1 aromatic carbocycles. The van der Waals surface area contributed by atoms with Crippen molar-refractivity contribution in [3.63, 3.8) is 0 Å². The maximum absolute atomic E-state index is 13.1. The monoisotopic (exact) mass is 301 g/mol. The third kappa shape index (κ3) is 5.64. The van der Waals surface area contributed by atoms with Crippen molar-refractivity contribution in [2.75, 3.05) is 0 Å². The Morgan fingerprint density at radius 1 is 1.29 bits per heavy atom. The third-order valence-electron chi connectivity index (χ3n) is 2.92. The molecule has 0 radical (unpaired) electrons. The summed E-state index contributed by atoms with van der Waals surface area (Å²) >= 11 is 3.43. The molecular weight excluding hydrogens is 281 g/mol. The standard InChI is InChI=1S/C14H21BrFN/c1-2-3-4-5-6-13(17)10-11-9-12(16)7-8-14(11)15/h7-9,13H,2-6,10,17H2,1H3. The average molecular weight is 302 g/mol. The summed E-state index contributed by atoms with van der Waals surface area (Å²) in [6.45, 7) is 2.20. The van der Waals surface area contributed by atoms with E-state index in [4.69, 9.17) is 5.73 Å². The lowest BCUT2D eigenvalue weighted by Gasteiger charge is -2.12. The minimum atomic E-state index is -0.193. The van der Waals surface area contributed by atoms with Gasteiger partial charge < -0.3 is 5.73 Å². The summed E-state index contributed by atoms with van der Waals surface area (Å²) in [4.78, 5) is 0. The summed E-state index contributed by atoms with van der Waals surface area (Å²) in [6, 6.07) is 4.90. The molecule has 1 rings (SSSR count). The molecule has 1 nitrogen and oxygen atoms in total. The largest absolute Gasteiger partial charge is 0.327 e. The van der Waals surface area contributed by atoms with E-state index < -0.39 is 0 Å². The van der Waals surface area contributed by atoms with Crippen molar-refractivity contribution in [3.05, 3.63) is 34.1 Å². The highest BCUT2D eigenvalue weighted by Gasteiger charge is 2.08. The van der Waals surface area contributed by atoms with Gasteiger partial charge in [0.25, 0.3) is 0 Å². The maximum Gasteiger partial charge on any atom is 0.123 e. The fourth-order valence-corrected chi connectivity index (χ4v) is 2.33. The number of benzene rings is 1. The van der Waals surface area contributed by atoms with Crippen LogP contribution < -0.4 is 5.73 Å². The summed E-state index contributed by atoms with van der Waals surface area (Å²) in [7, 11) is 0. The van der Waals surface area contributed by atoms with Crippen LogP contribution in [0.2, 0.25) is 0 Å². The Morgan fingerprint density at radius 3 is 2.76 bits per heavy atom. The van der Waals surface area contributed by atoms with Crippen LogP contribution in [0.1, 0.15) is 44.6 Å². The summed E-state index contributed by atoms with van der Waals surface area (Å²) in [5.41, 5.74) is 7.03. The molecule has 1 unspecified atom stereocenters. The smallest absolute Gasteiger partial charge is 0.123 e. The van der Waals surface area contributed by atoms with Crippen molar-refractivity contribution >= 4 is 15.9 Å². The highest BCUT2D eigenvalue weighted by Crippen LogP contribution is 2.20. The van der Waals surface area contributed by atoms with Crippen LogP contribution in [0.3, 0.4) is 0 Å². The molecule has 0 saturated heterocycles. The molecule has 0 bridgehead atoms. The van der Waals surface area contributed by atoms with Gasteiger partial charge in [0, 0.05) is 10.5 Å². The number of unbranched alkanes of at least 4 members (excludes halogenated alkanes) is 3. The lowest BCUT2D eigenvalue weighted by atomic mass is 10.0. The van der Waals surface area contributed by atoms with Crippen LogP contribution in [-0.4, -0.2) is 6.04 Å². The van der Waals surface area contributed by atoms with E-state index in [1.54, 1.807) is 12.1 Å². The molecule has 0 aliphatic heterocycles. The van der Waals surface area contributed by atoms with Crippen molar-refractivity contribution in [3.8, 4) is 0 Å². The summed E-state index contributed by atoms with van der Waals surface area (Å²) in [5.74, 6) is -0.193. The molecule has 0 aliphatic rings. The number of hydrogen-bond acceptors (Lipinski definition) is 1. The number of rotatable bonds is 7. The molecule has 3 heteroatoms. The molecule has 1 aromatic rings. The van der Waals surface area contributed by atoms with Crippen molar-refractivity contribution in [1.29, 1.82) is 0 Å². The molecule has 0 aromatic heterocycles. The first-order valence-electron chi connectivity index (χ1n) is 6.33. The molecule has 2 N–H and O–H groups in total. The Balaban J connectivity index is 2.39. The van der Waals surface area contributed by atoms with Gasteiger partial charge in [-0.1, -0.05) is 48.5 Å². The lowest BCUT2D eigenvalue weighted by molar-refractivity contribution is 0.543. The minimum Gasteiger partial charge on any atom is -0.327 e. The SMILES string of the molecule is CCCCCCC(N)Cc1cc(F)ccc1Br. The van der Waals surface area contributed by atoms with E-state index in [1.165, 1.54) is 31.7 Å². The lowest BCUT2D eigenvalue weighted by Crippen LogP contribution is -2.22. The van der Waals surface area contributed by atoms with Gasteiger partial charge in [0.15, 0.2) is 0 Å². The van der Waals surface area contributed by atoms with Crippen LogP contribution in [0.15, 0.2) is 22.7 Å². The van der Waals surface area contributed by atoms with Crippen LogP contribution in [-0.2, 0) is 6.42 Å². The Kier molecular flexibility index (Phi) is 6.75. The molecule has 0 aliphatic carbocycles. The predicted molar refractivity (Wildman–Crippen MR) is 74.5 cm³/mol. The number of halogens is 2. The molecular formula is C14H21BrFN. The minimum absolute atomic E-state index is 0.130. The van der Waals surface area contributed by atoms with E-state index in [9.17, 15) is 4.39 Å². The van der Waals surface area contributed by atoms with Crippen LogP contribution in [0, 0.1) is 5.82 Å². The fraction of sp³-hybridized carbons (Fsp3) is 0.571. The van der Waals surface area contributed by atoms with Gasteiger partial charge in [0.2, 0.25) is 0 Å². The molecule has 0 spiro atoms. The normalized spacial score (nSPS) is 12.7. The predicted octanol–water partition coefficient (Wildman–Crippen LogP) is 4.43. The van der Waals surface area contributed by atoms with Crippen LogP contribution in [0.4, 0.5) is 4.39 Å². The third-order valence-corrected chi connectivity index (χ3v) is 3.69. The van der Waals surface area contributed by atoms with Gasteiger partial charge >= 0.3 is 0 Å². The Labute approximate surface area is 112 Å². The van der Waals surface area contributed by atoms with Gasteiger partial charge in [0.1, 0.15) is 5.82 Å². The zero-order valence-corrected chi connectivity index (χ0v) is 12.0. The Morgan fingerprint density at radius 2 is 2.06 bits per heavy atom. The molecule has 0 fully saturated rings. The van der Waals surface area contributed by atoms with Gasteiger partial charge in [-0.25, -0.2) is 4.39 Å². The maximum atomic E-state index is 13.1. The Bertz CT molecular complexity index is 341. The summed E-state index contributed by atoms with van der Waals surface area (Å²) in [6.07, 6.45) is 6.69. The van der Waals surface area contributed by atoms with Crippen LogP contribution in [0.25, 0.3) is 0 Å². The van der Waals surface area contributed by atoms with E-state index in [-0.39, 0.29) is 11.9 Å². The van der Waals surface area contributed by atoms with Gasteiger partial charge in [-0.05, 0) is 36.6 Å². The second kappa shape index (κ2) is 7.83. The first-order chi connectivity index (χ1) is 8.13. The molecule has 1 atom stereocenters. The number of nitrogens with two attached hydrogens (primary N) is 1. The van der Waals surface area contributed by atoms with E-state index in [0.29, 0.717) is 0 Å². The van der Waals surface area contributed by atoms with Crippen molar-refractivity contribution in [1.82, 2.24) is 0 Å². The highest BCUT2D eigenvalue weighted by atomic mass is 79.9. The van der Waals surface area contributed by atoms with Crippen LogP contribution >= 0.6 is 15.9 Å². The second-order valence-electron chi connectivity index (χ2n) is 4.55. The first-order valence-corrected chi connectivity index (χ1v) is 7.12. The summed E-state index contributed by atoms with van der Waals surface area (Å²) < 4.78 is 14.0. The molecule has 0 amide bonds. The van der Waals surface area contributed by atoms with Gasteiger partial charge in [-0.3, -0.25) is 0 Å².